The van der Waals surface area contributed by atoms with Gasteiger partial charge in [-0.25, -0.2) is 0 Å². The molecule has 9 aromatic carbocycles. The van der Waals surface area contributed by atoms with Crippen LogP contribution in [0.15, 0.2) is 121 Å². The van der Waals surface area contributed by atoms with Gasteiger partial charge in [-0.15, -0.1) is 0 Å². The summed E-state index contributed by atoms with van der Waals surface area (Å²) in [6, 6.07) is 46.1. The smallest absolute Gasteiger partial charge is 0.00141 e. The summed E-state index contributed by atoms with van der Waals surface area (Å²) in [4.78, 5) is 0. The molecule has 0 radical (unpaired) electrons. The first-order valence-electron chi connectivity index (χ1n) is 14.1. The van der Waals surface area contributed by atoms with Crippen LogP contribution in [0.5, 0.6) is 0 Å². The highest BCUT2D eigenvalue weighted by Gasteiger charge is 2.17. The van der Waals surface area contributed by atoms with Crippen molar-refractivity contribution in [1.29, 1.82) is 0 Å². The van der Waals surface area contributed by atoms with E-state index in [0.717, 1.165) is 0 Å². The minimum absolute atomic E-state index is 1.33. The van der Waals surface area contributed by atoms with Gasteiger partial charge in [0.2, 0.25) is 0 Å². The average molecular weight is 501 g/mol. The number of benzene rings is 9. The SMILES string of the molecule is c1ccc2c(c1)=c1ccc3cc4c5cc6ccc7c8c(ccc(c5ccc4c4ccc=2c1c34)c68)=c1ccccc1=7. The zero-order valence-corrected chi connectivity index (χ0v) is 21.5. The first-order valence-corrected chi connectivity index (χ1v) is 14.1. The third-order valence-electron chi connectivity index (χ3n) is 9.87. The molecule has 0 aliphatic heterocycles. The number of fused-ring (bicyclic) bond motifs is 7. The second kappa shape index (κ2) is 6.50. The van der Waals surface area contributed by atoms with Crippen LogP contribution in [-0.4, -0.2) is 0 Å². The molecular formula is C40H20. The summed E-state index contributed by atoms with van der Waals surface area (Å²) in [6.07, 6.45) is 0. The number of rotatable bonds is 0. The Labute approximate surface area is 227 Å². The maximum Gasteiger partial charge on any atom is -0.00141 e. The predicted molar refractivity (Wildman–Crippen MR) is 166 cm³/mol. The zero-order chi connectivity index (χ0) is 25.7. The molecule has 0 fully saturated rings. The highest BCUT2D eigenvalue weighted by Crippen LogP contribution is 2.42. The Hall–Kier alpha value is -5.20. The monoisotopic (exact) mass is 500 g/mol. The molecule has 180 valence electrons. The topological polar surface area (TPSA) is 0 Å². The van der Waals surface area contributed by atoms with Crippen molar-refractivity contribution < 1.29 is 0 Å². The van der Waals surface area contributed by atoms with Gasteiger partial charge in [0.1, 0.15) is 0 Å². The molecule has 0 heteroatoms. The van der Waals surface area contributed by atoms with E-state index in [1.807, 2.05) is 0 Å². The van der Waals surface area contributed by atoms with Crippen LogP contribution in [0.4, 0.5) is 0 Å². The zero-order valence-electron chi connectivity index (χ0n) is 21.5. The van der Waals surface area contributed by atoms with Crippen LogP contribution in [0, 0.1) is 41.7 Å². The van der Waals surface area contributed by atoms with Crippen LogP contribution < -0.4 is 0 Å². The molecule has 0 heterocycles. The van der Waals surface area contributed by atoms with E-state index in [-0.39, 0.29) is 0 Å². The van der Waals surface area contributed by atoms with Crippen LogP contribution >= 0.6 is 0 Å². The van der Waals surface area contributed by atoms with Crippen LogP contribution in [-0.2, 0) is 0 Å². The molecule has 0 amide bonds. The molecular weight excluding hydrogens is 480 g/mol. The third-order valence-corrected chi connectivity index (χ3v) is 9.87. The Morgan fingerprint density at radius 3 is 0.975 bits per heavy atom. The summed E-state index contributed by atoms with van der Waals surface area (Å²) in [5.74, 6) is 0. The van der Waals surface area contributed by atoms with Crippen molar-refractivity contribution in [3.63, 3.8) is 0 Å². The molecule has 0 unspecified atom stereocenters. The molecule has 0 saturated heterocycles. The minimum atomic E-state index is 1.33. The molecule has 0 nitrogen and oxygen atoms in total. The van der Waals surface area contributed by atoms with E-state index in [1.54, 1.807) is 0 Å². The molecule has 11 rings (SSSR count). The Kier molecular flexibility index (Phi) is 3.22. The van der Waals surface area contributed by atoms with Crippen molar-refractivity contribution in [3.05, 3.63) is 163 Å². The maximum atomic E-state index is 2.45. The Morgan fingerprint density at radius 2 is 0.575 bits per heavy atom. The Balaban J connectivity index is 1.36. The van der Waals surface area contributed by atoms with E-state index < -0.39 is 0 Å². The standard InChI is InChI=1S/C40H20/c1-3-7-25-23(5-1)31-11-9-21-19-35-27(29-15-17-33(25)39(31)37(21)29)13-14-28-30-16-18-34-26-8-4-2-6-24(26)32-12-10-22(20-36(28)35)38(30)40(32)34/h1-20H. The maximum absolute atomic E-state index is 2.45. The normalized spacial score (nSPS) is 13.0. The van der Waals surface area contributed by atoms with E-state index in [4.69, 9.17) is 0 Å². The van der Waals surface area contributed by atoms with E-state index in [0.29, 0.717) is 0 Å². The van der Waals surface area contributed by atoms with Crippen LogP contribution in [0.1, 0.15) is 0 Å². The molecule has 0 bridgehead atoms. The minimum Gasteiger partial charge on any atom is -0.0616 e. The highest BCUT2D eigenvalue weighted by molar-refractivity contribution is 6.31. The lowest BCUT2D eigenvalue weighted by Crippen LogP contribution is -1.88. The first-order chi connectivity index (χ1) is 19.8. The van der Waals surface area contributed by atoms with Crippen molar-refractivity contribution >= 4 is 64.6 Å². The summed E-state index contributed by atoms with van der Waals surface area (Å²) in [7, 11) is 0. The second-order valence-electron chi connectivity index (χ2n) is 11.6. The molecule has 0 atom stereocenters. The van der Waals surface area contributed by atoms with Gasteiger partial charge in [-0.05, 0) is 119 Å². The van der Waals surface area contributed by atoms with Crippen LogP contribution in [0.3, 0.4) is 0 Å². The van der Waals surface area contributed by atoms with E-state index >= 15 is 0 Å². The molecule has 0 N–H and O–H groups in total. The summed E-state index contributed by atoms with van der Waals surface area (Å²) < 4.78 is 0. The largest absolute Gasteiger partial charge is 0.0616 e. The van der Waals surface area contributed by atoms with Crippen LogP contribution in [0.25, 0.3) is 64.6 Å². The average Bonchev–Trinajstić information content (AvgIpc) is 3.52. The van der Waals surface area contributed by atoms with Crippen molar-refractivity contribution in [1.82, 2.24) is 0 Å². The lowest BCUT2D eigenvalue weighted by atomic mass is 9.88. The van der Waals surface area contributed by atoms with Gasteiger partial charge in [0.05, 0.1) is 0 Å². The summed E-state index contributed by atoms with van der Waals surface area (Å²) in [5, 5.41) is 27.2. The van der Waals surface area contributed by atoms with Crippen molar-refractivity contribution in [2.45, 2.75) is 0 Å². The van der Waals surface area contributed by atoms with Gasteiger partial charge in [-0.1, -0.05) is 109 Å². The van der Waals surface area contributed by atoms with E-state index in [9.17, 15) is 0 Å². The number of hydrogen-bond acceptors (Lipinski definition) is 0. The molecule has 2 aliphatic rings. The lowest BCUT2D eigenvalue weighted by molar-refractivity contribution is 1.49. The first kappa shape index (κ1) is 19.8. The Bertz CT molecular complexity index is 2790. The van der Waals surface area contributed by atoms with Gasteiger partial charge < -0.3 is 0 Å². The third kappa shape index (κ3) is 2.10. The van der Waals surface area contributed by atoms with Gasteiger partial charge in [0.15, 0.2) is 0 Å². The molecule has 0 saturated carbocycles. The van der Waals surface area contributed by atoms with Gasteiger partial charge in [-0.3, -0.25) is 0 Å². The van der Waals surface area contributed by atoms with Crippen molar-refractivity contribution in [2.75, 3.05) is 0 Å². The fourth-order valence-electron chi connectivity index (χ4n) is 8.27. The summed E-state index contributed by atoms with van der Waals surface area (Å²) >= 11 is 0. The molecule has 9 aromatic rings. The summed E-state index contributed by atoms with van der Waals surface area (Å²) in [6.45, 7) is 0. The van der Waals surface area contributed by atoms with Gasteiger partial charge in [-0.2, -0.15) is 0 Å². The lowest BCUT2D eigenvalue weighted by Gasteiger charge is -2.15. The van der Waals surface area contributed by atoms with E-state index in [1.165, 1.54) is 106 Å². The quantitative estimate of drug-likeness (QED) is 0.144. The Morgan fingerprint density at radius 1 is 0.225 bits per heavy atom. The van der Waals surface area contributed by atoms with Gasteiger partial charge in [0, 0.05) is 0 Å². The second-order valence-corrected chi connectivity index (χ2v) is 11.6. The van der Waals surface area contributed by atoms with Crippen LogP contribution in [0.2, 0.25) is 0 Å². The predicted octanol–water partition coefficient (Wildman–Crippen LogP) is 9.82. The molecule has 2 aliphatic carbocycles. The highest BCUT2D eigenvalue weighted by atomic mass is 14.2. The van der Waals surface area contributed by atoms with Gasteiger partial charge >= 0.3 is 0 Å². The fourth-order valence-corrected chi connectivity index (χ4v) is 8.27. The van der Waals surface area contributed by atoms with Crippen molar-refractivity contribution in [3.8, 4) is 0 Å². The summed E-state index contributed by atoms with van der Waals surface area (Å²) in [5.41, 5.74) is 0. The molecule has 0 aromatic heterocycles. The van der Waals surface area contributed by atoms with E-state index in [2.05, 4.69) is 121 Å². The van der Waals surface area contributed by atoms with Gasteiger partial charge in [0.25, 0.3) is 0 Å². The molecule has 40 heavy (non-hydrogen) atoms. The van der Waals surface area contributed by atoms with Crippen molar-refractivity contribution in [2.24, 2.45) is 0 Å². The molecule has 0 spiro atoms. The number of hydrogen-bond donors (Lipinski definition) is 0. The fraction of sp³-hybridized carbons (Fsp3) is 0.